The second-order valence-corrected chi connectivity index (χ2v) is 4.89. The minimum Gasteiger partial charge on any atom is -0.486 e. The average Bonchev–Trinajstić information content (AvgIpc) is 3.04. The minimum atomic E-state index is -0.296. The highest BCUT2D eigenvalue weighted by Crippen LogP contribution is 2.19. The fraction of sp³-hybridized carbons (Fsp3) is 0.333. The van der Waals surface area contributed by atoms with Gasteiger partial charge in [0.2, 0.25) is 0 Å². The van der Waals surface area contributed by atoms with Gasteiger partial charge >= 0.3 is 0 Å². The van der Waals surface area contributed by atoms with E-state index in [1.165, 1.54) is 11.3 Å². The van der Waals surface area contributed by atoms with Gasteiger partial charge < -0.3 is 4.74 Å². The molecule has 2 rings (SSSR count). The van der Waals surface area contributed by atoms with Gasteiger partial charge in [-0.1, -0.05) is 6.92 Å². The lowest BCUT2D eigenvalue weighted by atomic mass is 10.2. The molecule has 0 aliphatic rings. The van der Waals surface area contributed by atoms with Gasteiger partial charge in [0.15, 0.2) is 5.75 Å². The number of nitrogens with one attached hydrogen (secondary N) is 1. The molecule has 0 radical (unpaired) electrons. The van der Waals surface area contributed by atoms with Crippen molar-refractivity contribution in [3.05, 3.63) is 34.3 Å². The standard InChI is InChI=1S/C12H16N4O2S/c1-2-4-16-7-10(6-14-16)18-8-9-3-5-19-11(9)12(17)15-13/h3,5-7H,2,4,8,13H2,1H3,(H,15,17). The van der Waals surface area contributed by atoms with Crippen LogP contribution in [0.5, 0.6) is 5.75 Å². The SMILES string of the molecule is CCCn1cc(OCc2ccsc2C(=O)NN)cn1. The van der Waals surface area contributed by atoms with Crippen LogP contribution in [0.25, 0.3) is 0 Å². The number of nitrogens with two attached hydrogens (primary N) is 1. The molecule has 0 aliphatic carbocycles. The molecule has 102 valence electrons. The van der Waals surface area contributed by atoms with Gasteiger partial charge in [-0.2, -0.15) is 5.10 Å². The van der Waals surface area contributed by atoms with Crippen LogP contribution < -0.4 is 16.0 Å². The molecule has 0 unspecified atom stereocenters. The smallest absolute Gasteiger partial charge is 0.275 e. The van der Waals surface area contributed by atoms with Crippen molar-refractivity contribution in [3.8, 4) is 5.75 Å². The third-order valence-electron chi connectivity index (χ3n) is 2.54. The van der Waals surface area contributed by atoms with Gasteiger partial charge in [-0.25, -0.2) is 5.84 Å². The summed E-state index contributed by atoms with van der Waals surface area (Å²) < 4.78 is 7.45. The van der Waals surface area contributed by atoms with E-state index >= 15 is 0 Å². The molecule has 2 heterocycles. The molecule has 0 fully saturated rings. The fourth-order valence-corrected chi connectivity index (χ4v) is 2.46. The number of thiophene rings is 1. The number of hydrazine groups is 1. The van der Waals surface area contributed by atoms with E-state index in [0.29, 0.717) is 17.2 Å². The maximum atomic E-state index is 11.5. The molecule has 2 aromatic heterocycles. The number of amides is 1. The lowest BCUT2D eigenvalue weighted by Crippen LogP contribution is -2.30. The summed E-state index contributed by atoms with van der Waals surface area (Å²) in [6.07, 6.45) is 4.54. The summed E-state index contributed by atoms with van der Waals surface area (Å²) in [6, 6.07) is 1.85. The van der Waals surface area contributed by atoms with Crippen molar-refractivity contribution < 1.29 is 9.53 Å². The van der Waals surface area contributed by atoms with Crippen molar-refractivity contribution in [1.82, 2.24) is 15.2 Å². The van der Waals surface area contributed by atoms with Crippen LogP contribution in [0.15, 0.2) is 23.8 Å². The average molecular weight is 280 g/mol. The Kier molecular flexibility index (Phi) is 4.53. The van der Waals surface area contributed by atoms with E-state index in [2.05, 4.69) is 17.4 Å². The van der Waals surface area contributed by atoms with E-state index in [1.54, 1.807) is 6.20 Å². The number of hydrogen-bond acceptors (Lipinski definition) is 5. The maximum absolute atomic E-state index is 11.5. The highest BCUT2D eigenvalue weighted by atomic mass is 32.1. The van der Waals surface area contributed by atoms with Crippen molar-refractivity contribution in [2.45, 2.75) is 26.5 Å². The van der Waals surface area contributed by atoms with Gasteiger partial charge in [0.25, 0.3) is 5.91 Å². The van der Waals surface area contributed by atoms with Gasteiger partial charge in [-0.05, 0) is 17.9 Å². The molecule has 0 spiro atoms. The number of carbonyl (C=O) groups excluding carboxylic acids is 1. The first-order valence-electron chi connectivity index (χ1n) is 5.97. The van der Waals surface area contributed by atoms with E-state index in [4.69, 9.17) is 10.6 Å². The zero-order chi connectivity index (χ0) is 13.7. The highest BCUT2D eigenvalue weighted by Gasteiger charge is 2.12. The summed E-state index contributed by atoms with van der Waals surface area (Å²) >= 11 is 1.34. The Morgan fingerprint density at radius 2 is 2.47 bits per heavy atom. The molecular formula is C12H16N4O2S. The van der Waals surface area contributed by atoms with Crippen LogP contribution in [-0.2, 0) is 13.2 Å². The molecular weight excluding hydrogens is 264 g/mol. The van der Waals surface area contributed by atoms with Crippen LogP contribution in [0.3, 0.4) is 0 Å². The van der Waals surface area contributed by atoms with Crippen LogP contribution in [0.2, 0.25) is 0 Å². The van der Waals surface area contributed by atoms with Crippen LogP contribution >= 0.6 is 11.3 Å². The number of aryl methyl sites for hydroxylation is 1. The zero-order valence-electron chi connectivity index (χ0n) is 10.6. The minimum absolute atomic E-state index is 0.296. The second-order valence-electron chi connectivity index (χ2n) is 3.98. The maximum Gasteiger partial charge on any atom is 0.275 e. The predicted octanol–water partition coefficient (Wildman–Crippen LogP) is 1.54. The Labute approximate surface area is 115 Å². The number of carbonyl (C=O) groups is 1. The van der Waals surface area contributed by atoms with Crippen LogP contribution in [0.1, 0.15) is 28.6 Å². The summed E-state index contributed by atoms with van der Waals surface area (Å²) in [7, 11) is 0. The second kappa shape index (κ2) is 6.35. The summed E-state index contributed by atoms with van der Waals surface area (Å²) in [4.78, 5) is 12.1. The summed E-state index contributed by atoms with van der Waals surface area (Å²) in [5.74, 6) is 5.53. The Hall–Kier alpha value is -1.86. The van der Waals surface area contributed by atoms with Crippen molar-refractivity contribution in [2.24, 2.45) is 5.84 Å². The van der Waals surface area contributed by atoms with Gasteiger partial charge in [-0.3, -0.25) is 14.9 Å². The third kappa shape index (κ3) is 3.33. The number of nitrogens with zero attached hydrogens (tertiary/aromatic N) is 2. The van der Waals surface area contributed by atoms with E-state index in [9.17, 15) is 4.79 Å². The van der Waals surface area contributed by atoms with Gasteiger partial charge in [0.05, 0.1) is 17.3 Å². The zero-order valence-corrected chi connectivity index (χ0v) is 11.4. The van der Waals surface area contributed by atoms with Crippen molar-refractivity contribution in [3.63, 3.8) is 0 Å². The summed E-state index contributed by atoms with van der Waals surface area (Å²) in [5.41, 5.74) is 2.94. The quantitative estimate of drug-likeness (QED) is 0.477. The Balaban J connectivity index is 1.98. The van der Waals surface area contributed by atoms with E-state index in [-0.39, 0.29) is 5.91 Å². The molecule has 0 saturated heterocycles. The number of hydrogen-bond donors (Lipinski definition) is 2. The first kappa shape index (κ1) is 13.6. The molecule has 0 saturated carbocycles. The van der Waals surface area contributed by atoms with Gasteiger partial charge in [-0.15, -0.1) is 11.3 Å². The lowest BCUT2D eigenvalue weighted by molar-refractivity contribution is 0.0955. The van der Waals surface area contributed by atoms with Gasteiger partial charge in [0, 0.05) is 12.1 Å². The Morgan fingerprint density at radius 3 is 3.21 bits per heavy atom. The van der Waals surface area contributed by atoms with Crippen LogP contribution in [0, 0.1) is 0 Å². The van der Waals surface area contributed by atoms with E-state index in [1.807, 2.05) is 22.3 Å². The Bertz CT molecular complexity index is 549. The van der Waals surface area contributed by atoms with Crippen molar-refractivity contribution in [1.29, 1.82) is 0 Å². The first-order valence-corrected chi connectivity index (χ1v) is 6.85. The molecule has 0 aromatic carbocycles. The largest absolute Gasteiger partial charge is 0.486 e. The molecule has 7 heteroatoms. The fourth-order valence-electron chi connectivity index (χ4n) is 1.65. The molecule has 1 amide bonds. The van der Waals surface area contributed by atoms with Crippen molar-refractivity contribution >= 4 is 17.2 Å². The van der Waals surface area contributed by atoms with Crippen LogP contribution in [0.4, 0.5) is 0 Å². The first-order chi connectivity index (χ1) is 9.24. The highest BCUT2D eigenvalue weighted by molar-refractivity contribution is 7.12. The monoisotopic (exact) mass is 280 g/mol. The molecule has 0 atom stereocenters. The molecule has 19 heavy (non-hydrogen) atoms. The summed E-state index contributed by atoms with van der Waals surface area (Å²) in [6.45, 7) is 3.28. The summed E-state index contributed by atoms with van der Waals surface area (Å²) in [5, 5.41) is 6.01. The normalized spacial score (nSPS) is 10.4. The Morgan fingerprint density at radius 1 is 1.63 bits per heavy atom. The number of aromatic nitrogens is 2. The molecule has 0 aliphatic heterocycles. The van der Waals surface area contributed by atoms with Crippen LogP contribution in [-0.4, -0.2) is 15.7 Å². The van der Waals surface area contributed by atoms with E-state index in [0.717, 1.165) is 18.5 Å². The predicted molar refractivity (Wildman–Crippen MR) is 72.8 cm³/mol. The number of ether oxygens (including phenoxy) is 1. The molecule has 0 bridgehead atoms. The third-order valence-corrected chi connectivity index (χ3v) is 3.50. The molecule has 3 N–H and O–H groups in total. The molecule has 2 aromatic rings. The van der Waals surface area contributed by atoms with Crippen molar-refractivity contribution in [2.75, 3.05) is 0 Å². The topological polar surface area (TPSA) is 82.2 Å². The van der Waals surface area contributed by atoms with Gasteiger partial charge in [0.1, 0.15) is 6.61 Å². The molecule has 6 nitrogen and oxygen atoms in total. The number of rotatable bonds is 6. The lowest BCUT2D eigenvalue weighted by Gasteiger charge is -2.04. The van der Waals surface area contributed by atoms with E-state index < -0.39 is 0 Å². The number of nitrogen functional groups attached to an aromatic ring is 1.